The molecule has 0 saturated carbocycles. The molecule has 0 radical (unpaired) electrons. The van der Waals surface area contributed by atoms with Gasteiger partial charge in [0.2, 0.25) is 0 Å². The van der Waals surface area contributed by atoms with Crippen LogP contribution < -0.4 is 5.73 Å². The zero-order chi connectivity index (χ0) is 25.4. The molecule has 0 atom stereocenters. The molecule has 3 nitrogen and oxygen atoms in total. The molecule has 1 aliphatic heterocycles. The average Bonchev–Trinajstić information content (AvgIpc) is 3.38. The van der Waals surface area contributed by atoms with Crippen LogP contribution in [-0.2, 0) is 0 Å². The Morgan fingerprint density at radius 2 is 1.65 bits per heavy atom. The molecule has 1 fully saturated rings. The molecule has 0 amide bonds. The quantitative estimate of drug-likeness (QED) is 0.179. The molecule has 4 heteroatoms. The first-order valence-electron chi connectivity index (χ1n) is 13.0. The van der Waals surface area contributed by atoms with Gasteiger partial charge in [0.05, 0.1) is 0 Å². The summed E-state index contributed by atoms with van der Waals surface area (Å²) in [6, 6.07) is 16.5. The van der Waals surface area contributed by atoms with E-state index in [9.17, 15) is 0 Å². The van der Waals surface area contributed by atoms with Gasteiger partial charge >= 0.3 is 31.1 Å². The van der Waals surface area contributed by atoms with Gasteiger partial charge in [-0.2, -0.15) is 0 Å². The molecule has 1 heterocycles. The molecule has 37 heavy (non-hydrogen) atoms. The Balaban J connectivity index is 0.00000342. The number of allylic oxidation sites excluding steroid dienone is 2. The SMILES string of the molecule is C=C(N)C/C(=C\c1c[c-]c(-c2ccc(C(=C)N3CCCC3)cc2)cc1C)C(=C)N(CCC)CCC.[CH3-].[U+2]. The third kappa shape index (κ3) is 8.98. The second-order valence-electron chi connectivity index (χ2n) is 9.64. The summed E-state index contributed by atoms with van der Waals surface area (Å²) in [6.45, 7) is 23.5. The fourth-order valence-corrected chi connectivity index (χ4v) is 4.74. The van der Waals surface area contributed by atoms with E-state index in [4.69, 9.17) is 5.73 Å². The van der Waals surface area contributed by atoms with Crippen molar-refractivity contribution in [2.75, 3.05) is 26.2 Å². The summed E-state index contributed by atoms with van der Waals surface area (Å²) in [5.41, 5.74) is 15.8. The minimum Gasteiger partial charge on any atom is -0.402 e. The van der Waals surface area contributed by atoms with Gasteiger partial charge in [0.15, 0.2) is 0 Å². The first-order valence-corrected chi connectivity index (χ1v) is 13.0. The van der Waals surface area contributed by atoms with E-state index < -0.39 is 0 Å². The molecule has 196 valence electrons. The van der Waals surface area contributed by atoms with E-state index in [2.05, 4.69) is 98.8 Å². The Bertz CT molecular complexity index is 1070. The van der Waals surface area contributed by atoms with Gasteiger partial charge in [0.1, 0.15) is 0 Å². The van der Waals surface area contributed by atoms with Gasteiger partial charge in [-0.25, -0.2) is 0 Å². The minimum absolute atomic E-state index is 0. The van der Waals surface area contributed by atoms with Gasteiger partial charge in [0.25, 0.3) is 0 Å². The van der Waals surface area contributed by atoms with Gasteiger partial charge in [-0.1, -0.05) is 76.4 Å². The summed E-state index contributed by atoms with van der Waals surface area (Å²) >= 11 is 0. The monoisotopic (exact) mass is 721 g/mol. The molecule has 3 rings (SSSR count). The van der Waals surface area contributed by atoms with Crippen LogP contribution in [0.4, 0.5) is 0 Å². The number of rotatable bonds is 12. The Kier molecular flexibility index (Phi) is 14.2. The second kappa shape index (κ2) is 16.0. The number of nitrogens with two attached hydrogens (primary N) is 1. The summed E-state index contributed by atoms with van der Waals surface area (Å²) in [7, 11) is 0. The zero-order valence-electron chi connectivity index (χ0n) is 23.5. The summed E-state index contributed by atoms with van der Waals surface area (Å²) in [6.07, 6.45) is 7.51. The maximum absolute atomic E-state index is 6.03. The molecule has 2 aromatic rings. The summed E-state index contributed by atoms with van der Waals surface area (Å²) < 4.78 is 0. The molecular formula is C33H45N3U. The number of hydrogen-bond acceptors (Lipinski definition) is 3. The Hall–Kier alpha value is -2.15. The van der Waals surface area contributed by atoms with Crippen LogP contribution in [0.1, 0.15) is 62.6 Å². The third-order valence-corrected chi connectivity index (χ3v) is 6.70. The van der Waals surface area contributed by atoms with E-state index in [1.807, 2.05) is 0 Å². The van der Waals surface area contributed by atoms with Crippen LogP contribution in [0.3, 0.4) is 0 Å². The predicted molar refractivity (Wildman–Crippen MR) is 159 cm³/mol. The normalized spacial score (nSPS) is 12.9. The average molecular weight is 722 g/mol. The summed E-state index contributed by atoms with van der Waals surface area (Å²) in [5.74, 6) is 0. The molecule has 0 unspecified atom stereocenters. The van der Waals surface area contributed by atoms with E-state index in [1.165, 1.54) is 29.5 Å². The van der Waals surface area contributed by atoms with Crippen LogP contribution in [-0.4, -0.2) is 36.0 Å². The fourth-order valence-electron chi connectivity index (χ4n) is 4.74. The van der Waals surface area contributed by atoms with Crippen molar-refractivity contribution in [1.29, 1.82) is 0 Å². The Morgan fingerprint density at radius 1 is 1.05 bits per heavy atom. The molecule has 0 aromatic heterocycles. The van der Waals surface area contributed by atoms with E-state index >= 15 is 0 Å². The number of nitrogens with zero attached hydrogens (tertiary/aromatic N) is 2. The van der Waals surface area contributed by atoms with E-state index in [0.29, 0.717) is 12.1 Å². The summed E-state index contributed by atoms with van der Waals surface area (Å²) in [5, 5.41) is 0. The van der Waals surface area contributed by atoms with Gasteiger partial charge in [-0.3, -0.25) is 0 Å². The van der Waals surface area contributed by atoms with Crippen molar-refractivity contribution in [2.45, 2.75) is 52.9 Å². The van der Waals surface area contributed by atoms with Crippen LogP contribution in [0.5, 0.6) is 0 Å². The molecule has 2 aromatic carbocycles. The molecule has 0 bridgehead atoms. The van der Waals surface area contributed by atoms with Crippen LogP contribution in [0.15, 0.2) is 73.1 Å². The Morgan fingerprint density at radius 3 is 2.16 bits per heavy atom. The fraction of sp³-hybridized carbons (Fsp3) is 0.364. The van der Waals surface area contributed by atoms with Crippen LogP contribution >= 0.6 is 0 Å². The van der Waals surface area contributed by atoms with Crippen LogP contribution in [0, 0.1) is 51.5 Å². The van der Waals surface area contributed by atoms with E-state index in [-0.39, 0.29) is 38.5 Å². The van der Waals surface area contributed by atoms with Crippen molar-refractivity contribution in [1.82, 2.24) is 9.80 Å². The van der Waals surface area contributed by atoms with Gasteiger partial charge in [-0.05, 0) is 36.8 Å². The largest absolute Gasteiger partial charge is 2.00 e. The number of aryl methyl sites for hydroxylation is 1. The predicted octanol–water partition coefficient (Wildman–Crippen LogP) is 7.86. The number of benzene rings is 2. The number of likely N-dealkylation sites (tertiary alicyclic amines) is 1. The minimum atomic E-state index is 0. The zero-order valence-corrected chi connectivity index (χ0v) is 27.7. The number of hydrogen-bond donors (Lipinski definition) is 1. The smallest absolute Gasteiger partial charge is 0.402 e. The van der Waals surface area contributed by atoms with Crippen molar-refractivity contribution in [3.05, 3.63) is 103 Å². The molecule has 1 aliphatic rings. The molecule has 2 N–H and O–H groups in total. The van der Waals surface area contributed by atoms with E-state index in [1.54, 1.807) is 0 Å². The standard InChI is InChI=1S/C32H42N3.CH3.U/c1-7-17-34(18-8-2)27(6)32(22-25(4)33)23-30-15-16-31(21-24(30)3)29-13-11-28(12-14-29)26(5)35-19-9-10-20-35;;/h11-15,21,23H,4-10,17-20,22,33H2,1-3H3;1H3;/q2*-1;+2/b32-23+;;. The maximum Gasteiger partial charge on any atom is 2.00 e. The van der Waals surface area contributed by atoms with Crippen LogP contribution in [0.2, 0.25) is 0 Å². The van der Waals surface area contributed by atoms with Gasteiger partial charge in [-0.15, -0.1) is 34.9 Å². The molecule has 0 spiro atoms. The second-order valence-corrected chi connectivity index (χ2v) is 9.64. The molecule has 0 aliphatic carbocycles. The first-order chi connectivity index (χ1) is 16.8. The van der Waals surface area contributed by atoms with Crippen molar-refractivity contribution in [2.24, 2.45) is 5.73 Å². The molecular weight excluding hydrogens is 676 g/mol. The first kappa shape index (κ1) is 32.9. The molecule has 1 saturated heterocycles. The van der Waals surface area contributed by atoms with Crippen molar-refractivity contribution >= 4 is 11.8 Å². The van der Waals surface area contributed by atoms with Gasteiger partial charge < -0.3 is 23.0 Å². The van der Waals surface area contributed by atoms with Crippen molar-refractivity contribution in [3.63, 3.8) is 0 Å². The van der Waals surface area contributed by atoms with Crippen molar-refractivity contribution in [3.8, 4) is 11.1 Å². The van der Waals surface area contributed by atoms with Crippen molar-refractivity contribution < 1.29 is 31.1 Å². The van der Waals surface area contributed by atoms with Crippen LogP contribution in [0.25, 0.3) is 22.9 Å². The summed E-state index contributed by atoms with van der Waals surface area (Å²) in [4.78, 5) is 4.75. The Labute approximate surface area is 250 Å². The third-order valence-electron chi connectivity index (χ3n) is 6.70. The topological polar surface area (TPSA) is 32.5 Å². The maximum atomic E-state index is 6.03. The van der Waals surface area contributed by atoms with E-state index in [0.717, 1.165) is 67.1 Å². The van der Waals surface area contributed by atoms with Gasteiger partial charge in [0, 0.05) is 49.7 Å².